The molecule has 5 unspecified atom stereocenters. The molecule has 5 aromatic rings. The Balaban J connectivity index is 0.951. The van der Waals surface area contributed by atoms with E-state index in [4.69, 9.17) is 0 Å². The van der Waals surface area contributed by atoms with Crippen molar-refractivity contribution in [2.45, 2.75) is 358 Å². The highest BCUT2D eigenvalue weighted by Gasteiger charge is 2.52. The van der Waals surface area contributed by atoms with Crippen molar-refractivity contribution in [3.8, 4) is 19.5 Å². The third-order valence-electron chi connectivity index (χ3n) is 23.7. The molecule has 4 nitrogen and oxygen atoms in total. The van der Waals surface area contributed by atoms with Gasteiger partial charge in [0, 0.05) is 62.4 Å². The molecule has 108 heavy (non-hydrogen) atoms. The molecule has 592 valence electrons. The Labute approximate surface area is 698 Å². The molecule has 0 saturated carbocycles. The quantitative estimate of drug-likeness (QED) is 0.0363. The van der Waals surface area contributed by atoms with Crippen molar-refractivity contribution in [1.29, 1.82) is 0 Å². The monoisotopic (exact) mass is 1700 g/mol. The van der Waals surface area contributed by atoms with Crippen LogP contribution in [0.25, 0.3) is 25.2 Å². The molecule has 0 spiro atoms. The lowest BCUT2D eigenvalue weighted by Crippen LogP contribution is -2.37. The molecule has 2 aromatic carbocycles. The molecular weight excluding hydrogens is 1570 g/mol. The second kappa shape index (κ2) is 49.8. The molecule has 0 radical (unpaired) electrons. The van der Waals surface area contributed by atoms with E-state index in [0.29, 0.717) is 41.0 Å². The summed E-state index contributed by atoms with van der Waals surface area (Å²) in [5.41, 5.74) is 9.22. The number of thioether (sulfide) groups is 3. The minimum atomic E-state index is -0.0130. The number of carbonyl (C=O) groups is 2. The molecule has 5 aliphatic rings. The van der Waals surface area contributed by atoms with Gasteiger partial charge in [0.2, 0.25) is 0 Å². The number of unbranched alkanes of at least 4 members (excludes halogenated alkanes) is 32. The topological polar surface area (TPSA) is 40.6 Å². The van der Waals surface area contributed by atoms with Crippen LogP contribution in [0.3, 0.4) is 0 Å². The fraction of sp³-hybridized carbons (Fsp3) is 0.625. The molecule has 0 aliphatic carbocycles. The molecule has 2 amide bonds. The van der Waals surface area contributed by atoms with Crippen molar-refractivity contribution >= 4 is 119 Å². The first-order chi connectivity index (χ1) is 53.1. The van der Waals surface area contributed by atoms with Crippen LogP contribution >= 0.6 is 101 Å². The summed E-state index contributed by atoms with van der Waals surface area (Å²) < 4.78 is 2.61. The molecule has 10 rings (SSSR count). The highest BCUT2D eigenvalue weighted by Crippen LogP contribution is 2.57. The van der Waals surface area contributed by atoms with E-state index in [0.717, 1.165) is 98.9 Å². The summed E-state index contributed by atoms with van der Waals surface area (Å²) in [6, 6.07) is 33.6. The van der Waals surface area contributed by atoms with Gasteiger partial charge < -0.3 is 9.80 Å². The van der Waals surface area contributed by atoms with Crippen LogP contribution in [0.5, 0.6) is 0 Å². The van der Waals surface area contributed by atoms with Crippen molar-refractivity contribution in [1.82, 2.24) is 9.80 Å². The lowest BCUT2D eigenvalue weighted by atomic mass is 9.93. The van der Waals surface area contributed by atoms with Gasteiger partial charge in [-0.15, -0.1) is 69.3 Å². The fourth-order valence-electron chi connectivity index (χ4n) is 17.3. The van der Waals surface area contributed by atoms with Crippen molar-refractivity contribution in [2.24, 2.45) is 11.8 Å². The van der Waals surface area contributed by atoms with Gasteiger partial charge >= 0.3 is 0 Å². The smallest absolute Gasteiger partial charge is 0.261 e. The van der Waals surface area contributed by atoms with Crippen LogP contribution in [0, 0.1) is 11.8 Å². The van der Waals surface area contributed by atoms with Crippen LogP contribution in [0.4, 0.5) is 0 Å². The zero-order valence-corrected chi connectivity index (χ0v) is 75.3. The van der Waals surface area contributed by atoms with E-state index in [-0.39, 0.29) is 17.1 Å². The number of fused-ring (bicyclic) bond motifs is 1. The van der Waals surface area contributed by atoms with Gasteiger partial charge in [0.1, 0.15) is 0 Å². The summed E-state index contributed by atoms with van der Waals surface area (Å²) >= 11 is 19.8. The Morgan fingerprint density at radius 3 is 1.29 bits per heavy atom. The maximum Gasteiger partial charge on any atom is 0.261 e. The van der Waals surface area contributed by atoms with Crippen LogP contribution < -0.4 is 0 Å². The molecule has 5 aliphatic heterocycles. The van der Waals surface area contributed by atoms with E-state index in [1.54, 1.807) is 5.57 Å². The number of thiophene rings is 3. The second-order valence-electron chi connectivity index (χ2n) is 32.5. The first-order valence-electron chi connectivity index (χ1n) is 44.1. The van der Waals surface area contributed by atoms with Gasteiger partial charge in [0.25, 0.3) is 11.8 Å². The van der Waals surface area contributed by atoms with Gasteiger partial charge in [-0.25, -0.2) is 0 Å². The van der Waals surface area contributed by atoms with Gasteiger partial charge in [-0.2, -0.15) is 0 Å². The summed E-state index contributed by atoms with van der Waals surface area (Å²) in [6.07, 6.45) is 66.7. The minimum absolute atomic E-state index is 0.0130. The van der Waals surface area contributed by atoms with Gasteiger partial charge in [-0.3, -0.25) is 9.59 Å². The van der Waals surface area contributed by atoms with E-state index in [1.165, 1.54) is 291 Å². The highest BCUT2D eigenvalue weighted by molar-refractivity contribution is 9.14. The van der Waals surface area contributed by atoms with E-state index in [9.17, 15) is 0 Å². The molecule has 0 N–H and O–H groups in total. The van der Waals surface area contributed by atoms with Crippen LogP contribution in [-0.4, -0.2) is 50.5 Å². The zero-order valence-electron chi connectivity index (χ0n) is 67.2. The van der Waals surface area contributed by atoms with Gasteiger partial charge in [-0.1, -0.05) is 332 Å². The van der Waals surface area contributed by atoms with Crippen molar-refractivity contribution in [2.75, 3.05) is 13.1 Å². The average molecular weight is 1700 g/mol. The Morgan fingerprint density at radius 2 is 0.796 bits per heavy atom. The summed E-state index contributed by atoms with van der Waals surface area (Å²) in [6.45, 7) is 10.7. The Bertz CT molecular complexity index is 3610. The molecule has 0 bridgehead atoms. The van der Waals surface area contributed by atoms with E-state index < -0.39 is 0 Å². The standard InChI is InChI=1S/C96H136Br2N2O2S6/c1-5-9-13-17-21-25-27-31-35-41-55-75(53-39-33-29-23-19-15-11-7-3)71-99-91(85-67-65-81(105-85)79-61-63-83(103-79)87-69-77(93(97)107-87)59-47-57-73-49-43-37-44-50-73)89-90(95(99)101)92(100(96(89)102)72-76(54-40-34-30-24-20-16-12-8-4)56-42-36-32-28-26-22-18-14-10-6-2)86-68-66-82(106-86)80-62-64-84(104-80)88-70-78(94(98)108-88)60-48-58-74-51-45-38-46-52-74/h37-38,43-46,49-52,61-63,65-67,69,75-76,84,86,88H,5-36,39-42,47-48,53-60,64,68,70-72H2,1-4H3. The van der Waals surface area contributed by atoms with Crippen LogP contribution in [0.15, 0.2) is 143 Å². The van der Waals surface area contributed by atoms with Crippen molar-refractivity contribution in [3.63, 3.8) is 0 Å². The number of hydrogen-bond donors (Lipinski definition) is 0. The fourth-order valence-corrected chi connectivity index (χ4v) is 26.6. The normalized spacial score (nSPS) is 18.0. The molecular formula is C96H136Br2N2O2S6. The summed E-state index contributed by atoms with van der Waals surface area (Å²) in [5, 5.41) is 1.05. The summed E-state index contributed by atoms with van der Waals surface area (Å²) in [4.78, 5) is 46.8. The van der Waals surface area contributed by atoms with E-state index in [1.807, 2.05) is 45.8 Å². The lowest BCUT2D eigenvalue weighted by molar-refractivity contribution is -0.125. The second-order valence-corrected chi connectivity index (χ2v) is 42.2. The Hall–Kier alpha value is -2.81. The lowest BCUT2D eigenvalue weighted by Gasteiger charge is -2.31. The maximum atomic E-state index is 16.7. The van der Waals surface area contributed by atoms with Crippen LogP contribution in [-0.2, 0) is 28.9 Å². The predicted octanol–water partition coefficient (Wildman–Crippen LogP) is 32.6. The Morgan fingerprint density at radius 1 is 0.389 bits per heavy atom. The van der Waals surface area contributed by atoms with E-state index >= 15 is 9.59 Å². The number of rotatable bonds is 58. The van der Waals surface area contributed by atoms with Crippen LogP contribution in [0.2, 0.25) is 0 Å². The maximum absolute atomic E-state index is 16.7. The van der Waals surface area contributed by atoms with Crippen molar-refractivity contribution in [3.05, 3.63) is 165 Å². The molecule has 5 atom stereocenters. The first-order valence-corrected chi connectivity index (χ1v) is 50.8. The molecule has 3 aromatic heterocycles. The molecule has 12 heteroatoms. The summed E-state index contributed by atoms with van der Waals surface area (Å²) in [7, 11) is 0. The predicted molar refractivity (Wildman–Crippen MR) is 488 cm³/mol. The molecule has 0 saturated heterocycles. The van der Waals surface area contributed by atoms with Crippen molar-refractivity contribution < 1.29 is 9.59 Å². The number of halogens is 2. The number of allylic oxidation sites excluding steroid dienone is 3. The number of aryl methyl sites for hydroxylation is 3. The van der Waals surface area contributed by atoms with Gasteiger partial charge in [-0.05, 0) is 180 Å². The number of nitrogens with zero attached hydrogens (tertiary/aromatic N) is 2. The van der Waals surface area contributed by atoms with E-state index in [2.05, 4.69) is 196 Å². The SMILES string of the molecule is CCCCCCCCCCCCC(CCCCCCCCCC)CN1C(=O)C2=C(C3CC=C(C4=CCC(C5CC(CCCc6ccccc6)=C(Br)S5)S4)S3)N(CC(CCCCCCCCCC)CCCCCCCCCCCC)C(=O)C2=C1c1ccc(-c2ccc(-c3cc(CCCc4ccccc4)c(Br)s3)s2)s1. The number of carbonyl (C=O) groups excluding carboxylic acids is 2. The summed E-state index contributed by atoms with van der Waals surface area (Å²) in [5.74, 6) is 0.943. The van der Waals surface area contributed by atoms with Gasteiger partial charge in [0.05, 0.1) is 30.8 Å². The Kier molecular flexibility index (Phi) is 40.4. The first kappa shape index (κ1) is 87.6. The largest absolute Gasteiger partial charge is 0.310 e. The molecule has 0 fully saturated rings. The number of amides is 2. The van der Waals surface area contributed by atoms with Gasteiger partial charge in [0.15, 0.2) is 0 Å². The minimum Gasteiger partial charge on any atom is -0.310 e. The van der Waals surface area contributed by atoms with Crippen LogP contribution in [0.1, 0.15) is 345 Å². The zero-order chi connectivity index (χ0) is 75.3. The third kappa shape index (κ3) is 27.7. The number of hydrogen-bond acceptors (Lipinski definition) is 8. The average Bonchev–Trinajstić information content (AvgIpc) is 1.55. The third-order valence-corrected chi connectivity index (χ3v) is 33.8. The molecule has 8 heterocycles. The number of benzene rings is 2. The highest BCUT2D eigenvalue weighted by atomic mass is 79.9.